The number of hydrogen-bond donors (Lipinski definition) is 2. The van der Waals surface area contributed by atoms with Crippen molar-refractivity contribution in [3.8, 4) is 0 Å². The van der Waals surface area contributed by atoms with E-state index in [0.29, 0.717) is 17.8 Å². The summed E-state index contributed by atoms with van der Waals surface area (Å²) in [5.74, 6) is 0.0617. The number of urea groups is 1. The van der Waals surface area contributed by atoms with Crippen LogP contribution in [0, 0.1) is 0 Å². The lowest BCUT2D eigenvalue weighted by molar-refractivity contribution is -0.129. The smallest absolute Gasteiger partial charge is 0.319 e. The van der Waals surface area contributed by atoms with Crippen molar-refractivity contribution in [2.75, 3.05) is 32.5 Å². The maximum Gasteiger partial charge on any atom is 0.319 e. The third kappa shape index (κ3) is 5.34. The van der Waals surface area contributed by atoms with E-state index >= 15 is 0 Å². The second-order valence-corrected chi connectivity index (χ2v) is 8.51. The number of anilines is 1. The molecule has 172 valence electrons. The predicted molar refractivity (Wildman–Crippen MR) is 128 cm³/mol. The average Bonchev–Trinajstić information content (AvgIpc) is 3.48. The van der Waals surface area contributed by atoms with Crippen molar-refractivity contribution in [2.24, 2.45) is 0 Å². The number of likely N-dealkylation sites (N-methyl/N-ethyl adjacent to an activating group) is 1. The summed E-state index contributed by atoms with van der Waals surface area (Å²) in [6, 6.07) is 14.6. The van der Waals surface area contributed by atoms with Crippen LogP contribution in [0.4, 0.5) is 10.5 Å². The van der Waals surface area contributed by atoms with E-state index in [1.807, 2.05) is 64.2 Å². The van der Waals surface area contributed by atoms with Crippen LogP contribution in [-0.2, 0) is 17.9 Å². The molecule has 1 fully saturated rings. The second-order valence-electron chi connectivity index (χ2n) is 8.51. The third-order valence-electron chi connectivity index (χ3n) is 5.85. The van der Waals surface area contributed by atoms with Gasteiger partial charge < -0.3 is 25.0 Å². The fraction of sp³-hybridized carbons (Fsp3) is 0.320. The predicted octanol–water partition coefficient (Wildman–Crippen LogP) is 3.29. The Hall–Kier alpha value is -3.81. The Kier molecular flexibility index (Phi) is 6.63. The van der Waals surface area contributed by atoms with Gasteiger partial charge in [0, 0.05) is 62.1 Å². The third-order valence-corrected chi connectivity index (χ3v) is 5.85. The minimum atomic E-state index is -0.326. The van der Waals surface area contributed by atoms with E-state index in [9.17, 15) is 14.4 Å². The zero-order chi connectivity index (χ0) is 23.4. The Morgan fingerprint density at radius 2 is 1.79 bits per heavy atom. The Labute approximate surface area is 193 Å². The Bertz CT molecular complexity index is 1180. The van der Waals surface area contributed by atoms with E-state index < -0.39 is 0 Å². The molecular weight excluding hydrogens is 418 g/mol. The summed E-state index contributed by atoms with van der Waals surface area (Å²) in [7, 11) is 3.46. The molecule has 0 atom stereocenters. The summed E-state index contributed by atoms with van der Waals surface area (Å²) in [5.41, 5.74) is 3.11. The van der Waals surface area contributed by atoms with Crippen molar-refractivity contribution in [1.29, 1.82) is 0 Å². The number of benzene rings is 2. The van der Waals surface area contributed by atoms with Crippen molar-refractivity contribution >= 4 is 34.4 Å². The first-order chi connectivity index (χ1) is 15.9. The van der Waals surface area contributed by atoms with E-state index in [1.54, 1.807) is 19.0 Å². The van der Waals surface area contributed by atoms with E-state index in [-0.39, 0.29) is 24.4 Å². The normalized spacial score (nSPS) is 13.2. The van der Waals surface area contributed by atoms with Crippen molar-refractivity contribution in [2.45, 2.75) is 25.9 Å². The molecule has 8 nitrogen and oxygen atoms in total. The minimum absolute atomic E-state index is 0.0141. The van der Waals surface area contributed by atoms with Crippen LogP contribution in [0.2, 0.25) is 0 Å². The lowest BCUT2D eigenvalue weighted by Gasteiger charge is -2.16. The molecule has 4 amide bonds. The van der Waals surface area contributed by atoms with E-state index in [4.69, 9.17) is 0 Å². The van der Waals surface area contributed by atoms with Gasteiger partial charge in [-0.3, -0.25) is 9.59 Å². The van der Waals surface area contributed by atoms with E-state index in [0.717, 1.165) is 42.4 Å². The number of aromatic nitrogens is 1. The monoisotopic (exact) mass is 447 g/mol. The summed E-state index contributed by atoms with van der Waals surface area (Å²) in [5, 5.41) is 6.63. The standard InChI is InChI=1S/C25H29N5O3/c1-28(2)23(31)17-30-13-10-19-15-21(8-9-22(19)30)27-25(33)26-16-18-6-5-7-20(14-18)24(32)29-11-3-4-12-29/h5-10,13-15H,3-4,11-12,16-17H2,1-2H3,(H2,26,27,33). The number of amides is 4. The topological polar surface area (TPSA) is 86.7 Å². The Balaban J connectivity index is 1.35. The molecule has 2 aromatic carbocycles. The number of hydrogen-bond acceptors (Lipinski definition) is 3. The van der Waals surface area contributed by atoms with Gasteiger partial charge in [0.05, 0.1) is 0 Å². The highest BCUT2D eigenvalue weighted by atomic mass is 16.2. The molecule has 0 radical (unpaired) electrons. The Morgan fingerprint density at radius 1 is 1.00 bits per heavy atom. The molecule has 8 heteroatoms. The fourth-order valence-electron chi connectivity index (χ4n) is 3.98. The first-order valence-corrected chi connectivity index (χ1v) is 11.1. The highest BCUT2D eigenvalue weighted by molar-refractivity contribution is 5.95. The molecule has 0 aliphatic carbocycles. The molecule has 1 aliphatic heterocycles. The van der Waals surface area contributed by atoms with Crippen LogP contribution in [0.1, 0.15) is 28.8 Å². The average molecular weight is 448 g/mol. The number of nitrogens with zero attached hydrogens (tertiary/aromatic N) is 3. The lowest BCUT2D eigenvalue weighted by atomic mass is 10.1. The maximum atomic E-state index is 12.6. The molecule has 3 aromatic rings. The SMILES string of the molecule is CN(C)C(=O)Cn1ccc2cc(NC(=O)NCc3cccc(C(=O)N4CCCC4)c3)ccc21. The van der Waals surface area contributed by atoms with Crippen molar-refractivity contribution in [3.05, 3.63) is 65.9 Å². The zero-order valence-corrected chi connectivity index (χ0v) is 19.0. The van der Waals surface area contributed by atoms with Crippen LogP contribution >= 0.6 is 0 Å². The van der Waals surface area contributed by atoms with Gasteiger partial charge in [0.25, 0.3) is 5.91 Å². The van der Waals surface area contributed by atoms with E-state index in [2.05, 4.69) is 10.6 Å². The second kappa shape index (κ2) is 9.77. The van der Waals surface area contributed by atoms with Gasteiger partial charge in [-0.05, 0) is 54.8 Å². The summed E-state index contributed by atoms with van der Waals surface area (Å²) in [6.07, 6.45) is 3.97. The summed E-state index contributed by atoms with van der Waals surface area (Å²) >= 11 is 0. The first-order valence-electron chi connectivity index (χ1n) is 11.1. The molecule has 1 aromatic heterocycles. The van der Waals surface area contributed by atoms with Gasteiger partial charge in [0.15, 0.2) is 0 Å². The van der Waals surface area contributed by atoms with Crippen LogP contribution in [0.3, 0.4) is 0 Å². The van der Waals surface area contributed by atoms with Gasteiger partial charge in [-0.2, -0.15) is 0 Å². The van der Waals surface area contributed by atoms with Gasteiger partial charge in [0.2, 0.25) is 5.91 Å². The maximum absolute atomic E-state index is 12.6. The molecule has 0 spiro atoms. The van der Waals surface area contributed by atoms with Gasteiger partial charge >= 0.3 is 6.03 Å². The molecule has 33 heavy (non-hydrogen) atoms. The number of carbonyl (C=O) groups is 3. The van der Waals surface area contributed by atoms with Gasteiger partial charge in [-0.1, -0.05) is 12.1 Å². The van der Waals surface area contributed by atoms with Crippen molar-refractivity contribution in [3.63, 3.8) is 0 Å². The fourth-order valence-corrected chi connectivity index (χ4v) is 3.98. The summed E-state index contributed by atoms with van der Waals surface area (Å²) in [4.78, 5) is 40.4. The highest BCUT2D eigenvalue weighted by Crippen LogP contribution is 2.21. The Morgan fingerprint density at radius 3 is 2.55 bits per heavy atom. The molecule has 4 rings (SSSR count). The number of nitrogens with one attached hydrogen (secondary N) is 2. The molecule has 2 heterocycles. The number of fused-ring (bicyclic) bond motifs is 1. The van der Waals surface area contributed by atoms with Crippen LogP contribution in [0.5, 0.6) is 0 Å². The molecule has 2 N–H and O–H groups in total. The van der Waals surface area contributed by atoms with Crippen molar-refractivity contribution < 1.29 is 14.4 Å². The molecule has 1 saturated heterocycles. The van der Waals surface area contributed by atoms with Crippen LogP contribution in [-0.4, -0.2) is 59.4 Å². The van der Waals surface area contributed by atoms with Crippen LogP contribution in [0.15, 0.2) is 54.7 Å². The van der Waals surface area contributed by atoms with Crippen LogP contribution < -0.4 is 10.6 Å². The molecular formula is C25H29N5O3. The summed E-state index contributed by atoms with van der Waals surface area (Å²) in [6.45, 7) is 2.20. The first kappa shape index (κ1) is 22.4. The zero-order valence-electron chi connectivity index (χ0n) is 19.0. The number of carbonyl (C=O) groups excluding carboxylic acids is 3. The molecule has 0 bridgehead atoms. The largest absolute Gasteiger partial charge is 0.347 e. The summed E-state index contributed by atoms with van der Waals surface area (Å²) < 4.78 is 1.89. The van der Waals surface area contributed by atoms with Crippen LogP contribution in [0.25, 0.3) is 10.9 Å². The van der Waals surface area contributed by atoms with Crippen molar-refractivity contribution in [1.82, 2.24) is 19.7 Å². The molecule has 0 saturated carbocycles. The van der Waals surface area contributed by atoms with Gasteiger partial charge in [-0.15, -0.1) is 0 Å². The lowest BCUT2D eigenvalue weighted by Crippen LogP contribution is -2.29. The quantitative estimate of drug-likeness (QED) is 0.608. The van der Waals surface area contributed by atoms with Gasteiger partial charge in [-0.25, -0.2) is 4.79 Å². The minimum Gasteiger partial charge on any atom is -0.347 e. The number of likely N-dealkylation sites (tertiary alicyclic amines) is 1. The molecule has 1 aliphatic rings. The van der Waals surface area contributed by atoms with Gasteiger partial charge in [0.1, 0.15) is 6.54 Å². The molecule has 0 unspecified atom stereocenters. The highest BCUT2D eigenvalue weighted by Gasteiger charge is 2.19. The number of rotatable bonds is 6. The van der Waals surface area contributed by atoms with E-state index in [1.165, 1.54) is 0 Å².